The van der Waals surface area contributed by atoms with Gasteiger partial charge in [0.2, 0.25) is 0 Å². The molecule has 1 heterocycles. The van der Waals surface area contributed by atoms with Crippen molar-refractivity contribution in [2.75, 3.05) is 13.1 Å². The molecule has 2 rings (SSSR count). The first-order valence-corrected chi connectivity index (χ1v) is 9.17. The Balaban J connectivity index is 2.13. The van der Waals surface area contributed by atoms with E-state index in [9.17, 15) is 0 Å². The van der Waals surface area contributed by atoms with Crippen LogP contribution in [0.3, 0.4) is 0 Å². The van der Waals surface area contributed by atoms with Crippen molar-refractivity contribution in [3.05, 3.63) is 0 Å². The molecule has 4 unspecified atom stereocenters. The van der Waals surface area contributed by atoms with Gasteiger partial charge in [0.1, 0.15) is 0 Å². The Morgan fingerprint density at radius 2 is 1.57 bits per heavy atom. The van der Waals surface area contributed by atoms with E-state index in [1.807, 2.05) is 0 Å². The Kier molecular flexibility index (Phi) is 5.41. The molecule has 0 amide bonds. The lowest BCUT2D eigenvalue weighted by Gasteiger charge is -2.51. The molecule has 0 bridgehead atoms. The van der Waals surface area contributed by atoms with Gasteiger partial charge in [-0.25, -0.2) is 0 Å². The van der Waals surface area contributed by atoms with Crippen LogP contribution in [0.15, 0.2) is 0 Å². The van der Waals surface area contributed by atoms with Crippen molar-refractivity contribution in [3.63, 3.8) is 0 Å². The highest BCUT2D eigenvalue weighted by Crippen LogP contribution is 2.35. The van der Waals surface area contributed by atoms with Gasteiger partial charge in [-0.1, -0.05) is 48.5 Å². The Morgan fingerprint density at radius 3 is 2.05 bits per heavy atom. The van der Waals surface area contributed by atoms with Crippen molar-refractivity contribution in [1.29, 1.82) is 0 Å². The predicted molar refractivity (Wildman–Crippen MR) is 92.5 cm³/mol. The molecule has 0 aromatic carbocycles. The van der Waals surface area contributed by atoms with E-state index in [1.165, 1.54) is 32.4 Å². The summed E-state index contributed by atoms with van der Waals surface area (Å²) in [6, 6.07) is 2.15. The average Bonchev–Trinajstić information content (AvgIpc) is 2.35. The monoisotopic (exact) mass is 294 g/mol. The number of rotatable bonds is 2. The summed E-state index contributed by atoms with van der Waals surface area (Å²) in [7, 11) is 0. The number of hydrogen-bond acceptors (Lipinski definition) is 2. The molecule has 1 aliphatic carbocycles. The third-order valence-electron chi connectivity index (χ3n) is 5.83. The van der Waals surface area contributed by atoms with Crippen LogP contribution in [0.4, 0.5) is 0 Å². The van der Waals surface area contributed by atoms with Crippen molar-refractivity contribution in [1.82, 2.24) is 10.2 Å². The van der Waals surface area contributed by atoms with Gasteiger partial charge in [-0.05, 0) is 42.4 Å². The maximum atomic E-state index is 3.84. The van der Waals surface area contributed by atoms with Gasteiger partial charge >= 0.3 is 0 Å². The first-order chi connectivity index (χ1) is 9.68. The Morgan fingerprint density at radius 1 is 1.00 bits per heavy atom. The van der Waals surface area contributed by atoms with Gasteiger partial charge in [0.25, 0.3) is 0 Å². The molecule has 0 spiro atoms. The standard InChI is InChI=1S/C19H38N2/c1-13(2)17-11-20-18(19(5,6)7)12-21(17)16-9-14(3)8-15(4)10-16/h13-18,20H,8-12H2,1-7H3. The van der Waals surface area contributed by atoms with Crippen molar-refractivity contribution in [2.24, 2.45) is 23.2 Å². The summed E-state index contributed by atoms with van der Waals surface area (Å²) < 4.78 is 0. The van der Waals surface area contributed by atoms with Gasteiger partial charge in [-0.2, -0.15) is 0 Å². The van der Waals surface area contributed by atoms with E-state index in [4.69, 9.17) is 0 Å². The molecule has 1 N–H and O–H groups in total. The first-order valence-electron chi connectivity index (χ1n) is 9.17. The smallest absolute Gasteiger partial charge is 0.0247 e. The summed E-state index contributed by atoms with van der Waals surface area (Å²) >= 11 is 0. The SMILES string of the molecule is CC1CC(C)CC(N2CC(C(C)(C)C)NCC2C(C)C)C1. The Bertz CT molecular complexity index is 321. The average molecular weight is 295 g/mol. The van der Waals surface area contributed by atoms with E-state index in [0.717, 1.165) is 23.8 Å². The van der Waals surface area contributed by atoms with Crippen LogP contribution in [0.5, 0.6) is 0 Å². The summed E-state index contributed by atoms with van der Waals surface area (Å²) in [5.41, 5.74) is 0.353. The molecule has 0 aromatic heterocycles. The molecule has 2 aliphatic rings. The van der Waals surface area contributed by atoms with Gasteiger partial charge in [-0.15, -0.1) is 0 Å². The largest absolute Gasteiger partial charge is 0.311 e. The number of nitrogens with zero attached hydrogens (tertiary/aromatic N) is 1. The molecule has 0 aromatic rings. The summed E-state index contributed by atoms with van der Waals surface area (Å²) in [5.74, 6) is 2.54. The van der Waals surface area contributed by atoms with E-state index < -0.39 is 0 Å². The van der Waals surface area contributed by atoms with Crippen LogP contribution in [0, 0.1) is 23.2 Å². The second-order valence-corrected chi connectivity index (χ2v) is 9.41. The first kappa shape index (κ1) is 17.3. The summed E-state index contributed by atoms with van der Waals surface area (Å²) in [6.07, 6.45) is 4.24. The molecule has 1 saturated heterocycles. The molecule has 1 aliphatic heterocycles. The van der Waals surface area contributed by atoms with E-state index in [0.29, 0.717) is 17.5 Å². The Hall–Kier alpha value is -0.0800. The predicted octanol–water partition coefficient (Wildman–Crippen LogP) is 4.16. The van der Waals surface area contributed by atoms with E-state index >= 15 is 0 Å². The molecule has 124 valence electrons. The minimum atomic E-state index is 0.353. The van der Waals surface area contributed by atoms with Crippen LogP contribution in [-0.4, -0.2) is 36.1 Å². The highest BCUT2D eigenvalue weighted by atomic mass is 15.3. The Labute approximate surface area is 133 Å². The molecule has 21 heavy (non-hydrogen) atoms. The van der Waals surface area contributed by atoms with Crippen molar-refractivity contribution >= 4 is 0 Å². The number of piperazine rings is 1. The normalized spacial score (nSPS) is 39.7. The zero-order valence-corrected chi connectivity index (χ0v) is 15.4. The van der Waals surface area contributed by atoms with Crippen molar-refractivity contribution in [2.45, 2.75) is 85.9 Å². The summed E-state index contributed by atoms with van der Waals surface area (Å²) in [4.78, 5) is 2.89. The fourth-order valence-electron chi connectivity index (χ4n) is 4.58. The quantitative estimate of drug-likeness (QED) is 0.823. The van der Waals surface area contributed by atoms with Crippen molar-refractivity contribution < 1.29 is 0 Å². The van der Waals surface area contributed by atoms with Gasteiger partial charge in [-0.3, -0.25) is 4.90 Å². The van der Waals surface area contributed by atoms with Crippen LogP contribution in [-0.2, 0) is 0 Å². The van der Waals surface area contributed by atoms with Crippen LogP contribution >= 0.6 is 0 Å². The molecule has 0 radical (unpaired) electrons. The van der Waals surface area contributed by atoms with E-state index in [2.05, 4.69) is 58.7 Å². The third kappa shape index (κ3) is 4.22. The number of hydrogen-bond donors (Lipinski definition) is 1. The fourth-order valence-corrected chi connectivity index (χ4v) is 4.58. The van der Waals surface area contributed by atoms with Gasteiger partial charge < -0.3 is 5.32 Å². The molecular weight excluding hydrogens is 256 g/mol. The highest BCUT2D eigenvalue weighted by Gasteiger charge is 2.40. The third-order valence-corrected chi connectivity index (χ3v) is 5.83. The van der Waals surface area contributed by atoms with Gasteiger partial charge in [0.15, 0.2) is 0 Å². The van der Waals surface area contributed by atoms with Crippen LogP contribution in [0.2, 0.25) is 0 Å². The lowest BCUT2D eigenvalue weighted by atomic mass is 9.77. The maximum Gasteiger partial charge on any atom is 0.0247 e. The lowest BCUT2D eigenvalue weighted by molar-refractivity contribution is 0.00115. The van der Waals surface area contributed by atoms with Crippen LogP contribution < -0.4 is 5.32 Å². The molecule has 1 saturated carbocycles. The van der Waals surface area contributed by atoms with Crippen molar-refractivity contribution in [3.8, 4) is 0 Å². The lowest BCUT2D eigenvalue weighted by Crippen LogP contribution is -2.64. The summed E-state index contributed by atoms with van der Waals surface area (Å²) in [5, 5.41) is 3.84. The molecular formula is C19H38N2. The topological polar surface area (TPSA) is 15.3 Å². The van der Waals surface area contributed by atoms with Gasteiger partial charge in [0.05, 0.1) is 0 Å². The zero-order valence-electron chi connectivity index (χ0n) is 15.4. The summed E-state index contributed by atoms with van der Waals surface area (Å²) in [6.45, 7) is 19.2. The molecule has 2 heteroatoms. The van der Waals surface area contributed by atoms with Gasteiger partial charge in [0, 0.05) is 31.2 Å². The molecule has 2 nitrogen and oxygen atoms in total. The highest BCUT2D eigenvalue weighted by molar-refractivity contribution is 4.96. The zero-order chi connectivity index (χ0) is 15.8. The molecule has 4 atom stereocenters. The second kappa shape index (κ2) is 6.58. The van der Waals surface area contributed by atoms with E-state index in [1.54, 1.807) is 0 Å². The van der Waals surface area contributed by atoms with E-state index in [-0.39, 0.29) is 0 Å². The van der Waals surface area contributed by atoms with Crippen LogP contribution in [0.25, 0.3) is 0 Å². The maximum absolute atomic E-state index is 3.84. The van der Waals surface area contributed by atoms with Crippen LogP contribution in [0.1, 0.15) is 67.7 Å². The second-order valence-electron chi connectivity index (χ2n) is 9.41. The number of nitrogens with one attached hydrogen (secondary N) is 1. The fraction of sp³-hybridized carbons (Fsp3) is 1.00. The minimum Gasteiger partial charge on any atom is -0.311 e. The molecule has 2 fully saturated rings. The minimum absolute atomic E-state index is 0.353.